The number of hydrogen-bond donors (Lipinski definition) is 0. The van der Waals surface area contributed by atoms with Crippen LogP contribution in [0.25, 0.3) is 0 Å². The Bertz CT molecular complexity index is 465. The van der Waals surface area contributed by atoms with Crippen LogP contribution in [0.4, 0.5) is 13.2 Å². The topological polar surface area (TPSA) is 40.9 Å². The van der Waals surface area contributed by atoms with Crippen molar-refractivity contribution in [3.63, 3.8) is 0 Å². The van der Waals surface area contributed by atoms with E-state index < -0.39 is 27.8 Å². The Hall–Kier alpha value is -1.35. The number of rotatable bonds is 3. The first kappa shape index (κ1) is 13.7. The zero-order chi connectivity index (χ0) is 13.1. The highest BCUT2D eigenvalue weighted by molar-refractivity contribution is 7.85. The highest BCUT2D eigenvalue weighted by atomic mass is 32.2. The third kappa shape index (κ3) is 3.56. The van der Waals surface area contributed by atoms with Crippen LogP contribution in [-0.2, 0) is 17.0 Å². The Morgan fingerprint density at radius 1 is 1.47 bits per heavy atom. The predicted molar refractivity (Wildman–Crippen MR) is 57.5 cm³/mol. The monoisotopic (exact) mass is 261 g/mol. The molecule has 2 unspecified atom stereocenters. The van der Waals surface area contributed by atoms with E-state index in [4.69, 9.17) is 5.26 Å². The molecule has 1 aromatic rings. The molecule has 0 saturated carbocycles. The zero-order valence-electron chi connectivity index (χ0n) is 8.99. The van der Waals surface area contributed by atoms with Crippen molar-refractivity contribution in [2.24, 2.45) is 0 Å². The van der Waals surface area contributed by atoms with Crippen LogP contribution in [0.5, 0.6) is 0 Å². The molecule has 6 heteroatoms. The summed E-state index contributed by atoms with van der Waals surface area (Å²) in [5.74, 6) is 0. The number of hydrogen-bond acceptors (Lipinski definition) is 2. The van der Waals surface area contributed by atoms with Gasteiger partial charge in [0.15, 0.2) is 0 Å². The Labute approximate surface area is 99.5 Å². The molecule has 0 aliphatic carbocycles. The van der Waals surface area contributed by atoms with Gasteiger partial charge in [-0.2, -0.15) is 18.4 Å². The minimum absolute atomic E-state index is 0.0445. The minimum Gasteiger partial charge on any atom is -0.254 e. The van der Waals surface area contributed by atoms with Crippen molar-refractivity contribution in [2.75, 3.05) is 0 Å². The van der Waals surface area contributed by atoms with Crippen molar-refractivity contribution in [3.05, 3.63) is 29.8 Å². The fraction of sp³-hybridized carbons (Fsp3) is 0.364. The van der Waals surface area contributed by atoms with Crippen LogP contribution in [0.2, 0.25) is 0 Å². The first-order valence-electron chi connectivity index (χ1n) is 4.81. The van der Waals surface area contributed by atoms with Crippen LogP contribution < -0.4 is 0 Å². The van der Waals surface area contributed by atoms with Crippen LogP contribution in [0, 0.1) is 11.3 Å². The normalized spacial score (nSPS) is 15.0. The molecule has 17 heavy (non-hydrogen) atoms. The lowest BCUT2D eigenvalue weighted by atomic mass is 10.2. The van der Waals surface area contributed by atoms with Crippen molar-refractivity contribution < 1.29 is 17.4 Å². The largest absolute Gasteiger partial charge is 0.416 e. The Morgan fingerprint density at radius 3 is 2.65 bits per heavy atom. The average Bonchev–Trinajstić information content (AvgIpc) is 2.27. The maximum absolute atomic E-state index is 12.4. The van der Waals surface area contributed by atoms with Gasteiger partial charge >= 0.3 is 6.18 Å². The first-order valence-corrected chi connectivity index (χ1v) is 6.02. The van der Waals surface area contributed by atoms with Crippen LogP contribution in [0.15, 0.2) is 29.2 Å². The van der Waals surface area contributed by atoms with E-state index in [1.54, 1.807) is 6.92 Å². The van der Waals surface area contributed by atoms with E-state index in [1.165, 1.54) is 12.1 Å². The van der Waals surface area contributed by atoms with Crippen LogP contribution >= 0.6 is 0 Å². The number of halogens is 3. The molecule has 0 radical (unpaired) electrons. The number of benzene rings is 1. The molecule has 0 fully saturated rings. The van der Waals surface area contributed by atoms with Gasteiger partial charge in [-0.25, -0.2) is 0 Å². The summed E-state index contributed by atoms with van der Waals surface area (Å²) in [5.41, 5.74) is -0.826. The smallest absolute Gasteiger partial charge is 0.254 e. The van der Waals surface area contributed by atoms with Gasteiger partial charge in [0.25, 0.3) is 0 Å². The zero-order valence-corrected chi connectivity index (χ0v) is 9.81. The summed E-state index contributed by atoms with van der Waals surface area (Å²) in [4.78, 5) is 0.0996. The lowest BCUT2D eigenvalue weighted by Gasteiger charge is -2.10. The lowest BCUT2D eigenvalue weighted by Crippen LogP contribution is -2.12. The maximum Gasteiger partial charge on any atom is 0.416 e. The summed E-state index contributed by atoms with van der Waals surface area (Å²) in [6, 6.07) is 6.23. The van der Waals surface area contributed by atoms with Crippen LogP contribution in [-0.4, -0.2) is 9.46 Å². The number of nitrogens with zero attached hydrogens (tertiary/aromatic N) is 1. The van der Waals surface area contributed by atoms with E-state index in [0.29, 0.717) is 0 Å². The van der Waals surface area contributed by atoms with Crippen LogP contribution in [0.3, 0.4) is 0 Å². The first-order chi connectivity index (χ1) is 7.86. The van der Waals surface area contributed by atoms with Gasteiger partial charge in [-0.1, -0.05) is 6.07 Å². The van der Waals surface area contributed by atoms with E-state index >= 15 is 0 Å². The van der Waals surface area contributed by atoms with Crippen molar-refractivity contribution in [2.45, 2.75) is 29.7 Å². The summed E-state index contributed by atoms with van der Waals surface area (Å²) in [6.45, 7) is 1.57. The summed E-state index contributed by atoms with van der Waals surface area (Å²) in [7, 11) is -1.60. The molecule has 1 rings (SSSR count). The van der Waals surface area contributed by atoms with Gasteiger partial charge < -0.3 is 0 Å². The second kappa shape index (κ2) is 5.32. The summed E-state index contributed by atoms with van der Waals surface area (Å²) in [5, 5.41) is 7.97. The second-order valence-electron chi connectivity index (χ2n) is 3.50. The van der Waals surface area contributed by atoms with Gasteiger partial charge in [-0.05, 0) is 25.1 Å². The molecule has 2 atom stereocenters. The van der Waals surface area contributed by atoms with Crippen molar-refractivity contribution in [1.29, 1.82) is 5.26 Å². The Kier molecular flexibility index (Phi) is 4.29. The molecule has 0 aliphatic heterocycles. The van der Waals surface area contributed by atoms with Gasteiger partial charge in [0.2, 0.25) is 0 Å². The molecule has 0 aromatic heterocycles. The van der Waals surface area contributed by atoms with Gasteiger partial charge in [-0.3, -0.25) is 4.21 Å². The van der Waals surface area contributed by atoms with Gasteiger partial charge in [0, 0.05) is 16.6 Å². The highest BCUT2D eigenvalue weighted by Gasteiger charge is 2.31. The van der Waals surface area contributed by atoms with E-state index in [-0.39, 0.29) is 11.3 Å². The molecule has 0 amide bonds. The molecule has 0 N–H and O–H groups in total. The molecule has 0 aliphatic rings. The van der Waals surface area contributed by atoms with E-state index in [9.17, 15) is 17.4 Å². The van der Waals surface area contributed by atoms with E-state index in [2.05, 4.69) is 0 Å². The van der Waals surface area contributed by atoms with Crippen LogP contribution in [0.1, 0.15) is 18.9 Å². The number of alkyl halides is 3. The second-order valence-corrected chi connectivity index (χ2v) is 5.37. The SMILES string of the molecule is CC(CC#N)S(=O)c1cccc(C(F)(F)F)c1. The van der Waals surface area contributed by atoms with Gasteiger partial charge in [0.1, 0.15) is 0 Å². The third-order valence-corrected chi connectivity index (χ3v) is 3.75. The summed E-state index contributed by atoms with van der Waals surface area (Å²) in [6.07, 6.45) is -4.40. The summed E-state index contributed by atoms with van der Waals surface area (Å²) >= 11 is 0. The molecule has 92 valence electrons. The van der Waals surface area contributed by atoms with Crippen molar-refractivity contribution >= 4 is 10.8 Å². The Balaban J connectivity index is 3.01. The molecule has 0 spiro atoms. The minimum atomic E-state index is -4.45. The molecule has 0 heterocycles. The third-order valence-electron chi connectivity index (χ3n) is 2.14. The molecular formula is C11H10F3NOS. The fourth-order valence-corrected chi connectivity index (χ4v) is 2.38. The van der Waals surface area contributed by atoms with Crippen molar-refractivity contribution in [1.82, 2.24) is 0 Å². The summed E-state index contributed by atoms with van der Waals surface area (Å²) < 4.78 is 49.1. The molecule has 0 saturated heterocycles. The number of nitriles is 1. The molecule has 0 bridgehead atoms. The Morgan fingerprint density at radius 2 is 2.12 bits per heavy atom. The predicted octanol–water partition coefficient (Wildman–Crippen LogP) is 3.12. The fourth-order valence-electron chi connectivity index (χ4n) is 1.23. The standard InChI is InChI=1S/C11H10F3NOS/c1-8(5-6-15)17(16)10-4-2-3-9(7-10)11(12,13)14/h2-4,7-8H,5H2,1H3. The van der Waals surface area contributed by atoms with Crippen molar-refractivity contribution in [3.8, 4) is 6.07 Å². The quantitative estimate of drug-likeness (QED) is 0.838. The van der Waals surface area contributed by atoms with Gasteiger partial charge in [-0.15, -0.1) is 0 Å². The van der Waals surface area contributed by atoms with E-state index in [0.717, 1.165) is 12.1 Å². The lowest BCUT2D eigenvalue weighted by molar-refractivity contribution is -0.137. The molecule has 1 aromatic carbocycles. The van der Waals surface area contributed by atoms with Gasteiger partial charge in [0.05, 0.1) is 22.4 Å². The molecular weight excluding hydrogens is 251 g/mol. The highest BCUT2D eigenvalue weighted by Crippen LogP contribution is 2.30. The molecule has 2 nitrogen and oxygen atoms in total. The average molecular weight is 261 g/mol. The maximum atomic E-state index is 12.4. The van der Waals surface area contributed by atoms with E-state index in [1.807, 2.05) is 6.07 Å².